The number of nitrogens with one attached hydrogen (secondary N) is 3. The number of nitrogens with zero attached hydrogens (tertiary/aromatic N) is 2. The summed E-state index contributed by atoms with van der Waals surface area (Å²) in [4.78, 5) is 20.9. The zero-order valence-electron chi connectivity index (χ0n) is 14.1. The van der Waals surface area contributed by atoms with Crippen molar-refractivity contribution in [1.82, 2.24) is 20.6 Å². The number of hydrogen-bond acceptors (Lipinski definition) is 6. The quantitative estimate of drug-likeness (QED) is 0.515. The highest BCUT2D eigenvalue weighted by atomic mass is 16.2. The molecule has 23 heavy (non-hydrogen) atoms. The molecule has 2 atom stereocenters. The highest BCUT2D eigenvalue weighted by molar-refractivity contribution is 5.82. The Hall–Kier alpha value is -1.73. The van der Waals surface area contributed by atoms with Crippen molar-refractivity contribution in [1.29, 1.82) is 0 Å². The third kappa shape index (κ3) is 5.76. The molecule has 2 heterocycles. The average Bonchev–Trinajstić information content (AvgIpc) is 2.95. The molecule has 1 aliphatic heterocycles. The molecule has 0 saturated carbocycles. The zero-order valence-corrected chi connectivity index (χ0v) is 14.1. The van der Waals surface area contributed by atoms with E-state index < -0.39 is 0 Å². The highest BCUT2D eigenvalue weighted by Gasteiger charge is 2.26. The molecule has 7 nitrogen and oxygen atoms in total. The molecular formula is C16H28N6O. The fraction of sp³-hybridized carbons (Fsp3) is 0.688. The van der Waals surface area contributed by atoms with E-state index >= 15 is 0 Å². The maximum absolute atomic E-state index is 11.9. The molecule has 0 aromatic carbocycles. The minimum Gasteiger partial charge on any atom is -0.368 e. The van der Waals surface area contributed by atoms with Gasteiger partial charge in [-0.2, -0.15) is 0 Å². The van der Waals surface area contributed by atoms with Crippen LogP contribution in [0.1, 0.15) is 37.7 Å². The average molecular weight is 320 g/mol. The van der Waals surface area contributed by atoms with Crippen molar-refractivity contribution < 1.29 is 4.79 Å². The fourth-order valence-electron chi connectivity index (χ4n) is 2.63. The van der Waals surface area contributed by atoms with Crippen molar-refractivity contribution in [2.24, 2.45) is 5.73 Å². The maximum Gasteiger partial charge on any atom is 0.237 e. The summed E-state index contributed by atoms with van der Waals surface area (Å²) in [6.07, 6.45) is 3.82. The summed E-state index contributed by atoms with van der Waals surface area (Å²) in [6, 6.07) is 1.84. The molecule has 1 saturated heterocycles. The molecule has 0 bridgehead atoms. The molecule has 0 spiro atoms. The summed E-state index contributed by atoms with van der Waals surface area (Å²) in [5, 5.41) is 9.28. The van der Waals surface area contributed by atoms with E-state index in [1.165, 1.54) is 0 Å². The third-order valence-corrected chi connectivity index (χ3v) is 3.87. The second-order valence-electron chi connectivity index (χ2n) is 6.09. The molecule has 1 fully saturated rings. The van der Waals surface area contributed by atoms with E-state index in [2.05, 4.69) is 32.8 Å². The van der Waals surface area contributed by atoms with Gasteiger partial charge < -0.3 is 21.7 Å². The predicted octanol–water partition coefficient (Wildman–Crippen LogP) is 0.345. The van der Waals surface area contributed by atoms with Crippen LogP contribution in [0, 0.1) is 6.92 Å². The molecule has 0 radical (unpaired) electrons. The minimum atomic E-state index is -0.160. The summed E-state index contributed by atoms with van der Waals surface area (Å²) in [5.41, 5.74) is 6.75. The van der Waals surface area contributed by atoms with E-state index in [-0.39, 0.29) is 18.0 Å². The van der Waals surface area contributed by atoms with Crippen molar-refractivity contribution in [2.45, 2.75) is 51.6 Å². The normalized spacial score (nSPS) is 20.5. The van der Waals surface area contributed by atoms with E-state index in [0.29, 0.717) is 26.1 Å². The smallest absolute Gasteiger partial charge is 0.237 e. The molecule has 128 valence electrons. The summed E-state index contributed by atoms with van der Waals surface area (Å²) < 4.78 is 0. The molecule has 1 amide bonds. The Labute approximate surface area is 137 Å². The van der Waals surface area contributed by atoms with Crippen LogP contribution in [0.4, 0.5) is 5.82 Å². The Kier molecular flexibility index (Phi) is 6.73. The third-order valence-electron chi connectivity index (χ3n) is 3.87. The second-order valence-corrected chi connectivity index (χ2v) is 6.09. The maximum atomic E-state index is 11.9. The number of nitrogens with two attached hydrogens (primary N) is 1. The largest absolute Gasteiger partial charge is 0.368 e. The predicted molar refractivity (Wildman–Crippen MR) is 91.3 cm³/mol. The Bertz CT molecular complexity index is 521. The number of carbonyl (C=O) groups excluding carboxylic acids is 1. The van der Waals surface area contributed by atoms with E-state index in [9.17, 15) is 4.79 Å². The van der Waals surface area contributed by atoms with Gasteiger partial charge in [-0.05, 0) is 19.8 Å². The molecule has 0 unspecified atom stereocenters. The second kappa shape index (κ2) is 8.79. The molecule has 2 rings (SSSR count). The van der Waals surface area contributed by atoms with Crippen LogP contribution in [0.15, 0.2) is 6.07 Å². The molecule has 7 heteroatoms. The molecule has 1 aromatic heterocycles. The summed E-state index contributed by atoms with van der Waals surface area (Å²) in [5.74, 6) is 1.71. The first-order valence-electron chi connectivity index (χ1n) is 8.43. The Morgan fingerprint density at radius 1 is 1.43 bits per heavy atom. The lowest BCUT2D eigenvalue weighted by Gasteiger charge is -2.12. The number of anilines is 1. The first-order chi connectivity index (χ1) is 11.1. The Morgan fingerprint density at radius 3 is 2.96 bits per heavy atom. The number of unbranched alkanes of at least 4 members (excludes halogenated alkanes) is 1. The molecule has 0 aliphatic carbocycles. The van der Waals surface area contributed by atoms with Crippen LogP contribution in [0.5, 0.6) is 0 Å². The van der Waals surface area contributed by atoms with Gasteiger partial charge in [-0.15, -0.1) is 0 Å². The monoisotopic (exact) mass is 320 g/mol. The summed E-state index contributed by atoms with van der Waals surface area (Å²) in [7, 11) is 0. The van der Waals surface area contributed by atoms with Crippen molar-refractivity contribution >= 4 is 11.7 Å². The fourth-order valence-corrected chi connectivity index (χ4v) is 2.63. The van der Waals surface area contributed by atoms with Gasteiger partial charge in [-0.1, -0.05) is 13.3 Å². The SMILES string of the molecule is CCCCc1nc(C)cc(NCCNC(=O)[C@@H]2C[C@@H](N)CN2)n1. The van der Waals surface area contributed by atoms with Gasteiger partial charge in [-0.3, -0.25) is 4.79 Å². The Morgan fingerprint density at radius 2 is 2.26 bits per heavy atom. The van der Waals surface area contributed by atoms with Crippen LogP contribution in [-0.4, -0.2) is 47.6 Å². The topological polar surface area (TPSA) is 105 Å². The molecule has 1 aliphatic rings. The van der Waals surface area contributed by atoms with Crippen LogP contribution >= 0.6 is 0 Å². The number of rotatable bonds is 8. The van der Waals surface area contributed by atoms with Gasteiger partial charge >= 0.3 is 0 Å². The van der Waals surface area contributed by atoms with Crippen LogP contribution in [-0.2, 0) is 11.2 Å². The molecule has 5 N–H and O–H groups in total. The number of carbonyl (C=O) groups is 1. The van der Waals surface area contributed by atoms with Gasteiger partial charge in [0.15, 0.2) is 0 Å². The van der Waals surface area contributed by atoms with Crippen molar-refractivity contribution in [3.05, 3.63) is 17.6 Å². The Balaban J connectivity index is 1.73. The molecule has 1 aromatic rings. The van der Waals surface area contributed by atoms with Crippen molar-refractivity contribution in [3.63, 3.8) is 0 Å². The number of amides is 1. The van der Waals surface area contributed by atoms with Crippen LogP contribution in [0.2, 0.25) is 0 Å². The van der Waals surface area contributed by atoms with Gasteiger partial charge in [-0.25, -0.2) is 9.97 Å². The van der Waals surface area contributed by atoms with E-state index in [0.717, 1.165) is 36.6 Å². The first-order valence-corrected chi connectivity index (χ1v) is 8.43. The lowest BCUT2D eigenvalue weighted by atomic mass is 10.2. The van der Waals surface area contributed by atoms with E-state index in [1.807, 2.05) is 13.0 Å². The minimum absolute atomic E-state index is 0.0160. The van der Waals surface area contributed by atoms with Crippen LogP contribution < -0.4 is 21.7 Å². The zero-order chi connectivity index (χ0) is 16.7. The first kappa shape index (κ1) is 17.6. The van der Waals surface area contributed by atoms with Crippen LogP contribution in [0.25, 0.3) is 0 Å². The number of aryl methyl sites for hydroxylation is 2. The number of hydrogen-bond donors (Lipinski definition) is 4. The van der Waals surface area contributed by atoms with Gasteiger partial charge in [0.2, 0.25) is 5.91 Å². The van der Waals surface area contributed by atoms with E-state index in [1.54, 1.807) is 0 Å². The lowest BCUT2D eigenvalue weighted by Crippen LogP contribution is -2.42. The van der Waals surface area contributed by atoms with Gasteiger partial charge in [0.05, 0.1) is 6.04 Å². The van der Waals surface area contributed by atoms with Crippen molar-refractivity contribution in [2.75, 3.05) is 25.0 Å². The lowest BCUT2D eigenvalue weighted by molar-refractivity contribution is -0.122. The van der Waals surface area contributed by atoms with Gasteiger partial charge in [0.1, 0.15) is 11.6 Å². The van der Waals surface area contributed by atoms with Gasteiger partial charge in [0.25, 0.3) is 0 Å². The number of aromatic nitrogens is 2. The summed E-state index contributed by atoms with van der Waals surface area (Å²) in [6.45, 7) is 6.02. The molecular weight excluding hydrogens is 292 g/mol. The van der Waals surface area contributed by atoms with Crippen molar-refractivity contribution in [3.8, 4) is 0 Å². The van der Waals surface area contributed by atoms with Gasteiger partial charge in [0, 0.05) is 43.9 Å². The highest BCUT2D eigenvalue weighted by Crippen LogP contribution is 2.08. The standard InChI is InChI=1S/C16H28N6O/c1-3-4-5-14-21-11(2)8-15(22-14)18-6-7-19-16(23)13-9-12(17)10-20-13/h8,12-13,20H,3-7,9-10,17H2,1-2H3,(H,19,23)(H,18,21,22)/t12-,13+/m1/s1. The van der Waals surface area contributed by atoms with E-state index in [4.69, 9.17) is 5.73 Å². The van der Waals surface area contributed by atoms with Crippen LogP contribution in [0.3, 0.4) is 0 Å². The summed E-state index contributed by atoms with van der Waals surface area (Å²) >= 11 is 0.